The number of aryl methyl sites for hydroxylation is 1. The molecule has 1 unspecified atom stereocenters. The summed E-state index contributed by atoms with van der Waals surface area (Å²) in [7, 11) is 0. The van der Waals surface area contributed by atoms with E-state index in [-0.39, 0.29) is 11.6 Å². The van der Waals surface area contributed by atoms with E-state index in [0.717, 1.165) is 27.7 Å². The van der Waals surface area contributed by atoms with Gasteiger partial charge in [0.1, 0.15) is 0 Å². The Hall–Kier alpha value is -5.02. The zero-order valence-electron chi connectivity index (χ0n) is 23.0. The Morgan fingerprint density at radius 3 is 2.19 bits per heavy atom. The van der Waals surface area contributed by atoms with Crippen LogP contribution in [0.25, 0.3) is 11.8 Å². The average Bonchev–Trinajstić information content (AvgIpc) is 3.44. The summed E-state index contributed by atoms with van der Waals surface area (Å²) in [6, 6.07) is 33.8. The summed E-state index contributed by atoms with van der Waals surface area (Å²) in [5, 5.41) is 24.0. The molecule has 210 valence electrons. The number of nitro groups is 1. The number of amides is 1. The van der Waals surface area contributed by atoms with Crippen molar-refractivity contribution in [3.05, 3.63) is 153 Å². The molecule has 0 aliphatic heterocycles. The number of nitro benzene ring substituents is 1. The SMILES string of the molecule is Cc1ccc(-n2c(SCc3ccccc3)nnc2C(Cc2ccccc2)NC(=O)/C=C/c2ccc([N+](=O)[O-])cc2)cc1. The molecule has 1 N–H and O–H groups in total. The number of nitrogens with one attached hydrogen (secondary N) is 1. The molecule has 0 bridgehead atoms. The zero-order valence-corrected chi connectivity index (χ0v) is 23.8. The Morgan fingerprint density at radius 2 is 1.55 bits per heavy atom. The van der Waals surface area contributed by atoms with Gasteiger partial charge in [-0.3, -0.25) is 19.5 Å². The number of aromatic nitrogens is 3. The van der Waals surface area contributed by atoms with Gasteiger partial charge in [0, 0.05) is 29.6 Å². The molecule has 9 heteroatoms. The van der Waals surface area contributed by atoms with Crippen LogP contribution in [0.15, 0.2) is 120 Å². The second-order valence-corrected chi connectivity index (χ2v) is 10.7. The highest BCUT2D eigenvalue weighted by molar-refractivity contribution is 7.98. The van der Waals surface area contributed by atoms with Crippen molar-refractivity contribution in [2.75, 3.05) is 0 Å². The molecule has 0 radical (unpaired) electrons. The molecule has 5 rings (SSSR count). The summed E-state index contributed by atoms with van der Waals surface area (Å²) in [6.45, 7) is 2.04. The lowest BCUT2D eigenvalue weighted by atomic mass is 10.0. The maximum atomic E-state index is 13.2. The second kappa shape index (κ2) is 13.6. The summed E-state index contributed by atoms with van der Waals surface area (Å²) < 4.78 is 2.01. The van der Waals surface area contributed by atoms with E-state index in [0.29, 0.717) is 17.8 Å². The van der Waals surface area contributed by atoms with Crippen molar-refractivity contribution in [3.8, 4) is 5.69 Å². The minimum atomic E-state index is -0.485. The van der Waals surface area contributed by atoms with Gasteiger partial charge in [0.2, 0.25) is 5.91 Å². The van der Waals surface area contributed by atoms with Gasteiger partial charge in [-0.15, -0.1) is 10.2 Å². The van der Waals surface area contributed by atoms with Gasteiger partial charge >= 0.3 is 0 Å². The highest BCUT2D eigenvalue weighted by atomic mass is 32.2. The maximum Gasteiger partial charge on any atom is 0.269 e. The van der Waals surface area contributed by atoms with Crippen molar-refractivity contribution in [2.24, 2.45) is 0 Å². The summed E-state index contributed by atoms with van der Waals surface area (Å²) in [4.78, 5) is 23.7. The zero-order chi connectivity index (χ0) is 29.3. The molecule has 0 aliphatic carbocycles. The van der Waals surface area contributed by atoms with Gasteiger partial charge < -0.3 is 5.32 Å². The molecule has 0 saturated carbocycles. The van der Waals surface area contributed by atoms with Gasteiger partial charge in [0.25, 0.3) is 5.69 Å². The third kappa shape index (κ3) is 7.38. The van der Waals surface area contributed by atoms with Crippen LogP contribution in [-0.4, -0.2) is 25.6 Å². The number of carbonyl (C=O) groups excluding carboxylic acids is 1. The first-order valence-electron chi connectivity index (χ1n) is 13.4. The maximum absolute atomic E-state index is 13.2. The quantitative estimate of drug-likeness (QED) is 0.0796. The molecule has 4 aromatic carbocycles. The molecule has 1 amide bonds. The highest BCUT2D eigenvalue weighted by Crippen LogP contribution is 2.29. The first kappa shape index (κ1) is 28.5. The van der Waals surface area contributed by atoms with Crippen molar-refractivity contribution >= 4 is 29.4 Å². The van der Waals surface area contributed by atoms with Crippen LogP contribution in [0.2, 0.25) is 0 Å². The van der Waals surface area contributed by atoms with E-state index in [4.69, 9.17) is 0 Å². The fourth-order valence-corrected chi connectivity index (χ4v) is 5.33. The number of nitrogens with zero attached hydrogens (tertiary/aromatic N) is 4. The van der Waals surface area contributed by atoms with E-state index >= 15 is 0 Å². The van der Waals surface area contributed by atoms with E-state index in [1.807, 2.05) is 84.3 Å². The fraction of sp³-hybridized carbons (Fsp3) is 0.121. The number of benzene rings is 4. The van der Waals surface area contributed by atoms with Gasteiger partial charge in [-0.2, -0.15) is 0 Å². The van der Waals surface area contributed by atoms with Crippen molar-refractivity contribution in [2.45, 2.75) is 30.3 Å². The van der Waals surface area contributed by atoms with E-state index in [1.54, 1.807) is 30.0 Å². The smallest absolute Gasteiger partial charge is 0.269 e. The molecule has 1 atom stereocenters. The summed E-state index contributed by atoms with van der Waals surface area (Å²) in [5.74, 6) is 1.03. The van der Waals surface area contributed by atoms with Crippen LogP contribution in [0, 0.1) is 17.0 Å². The van der Waals surface area contributed by atoms with Crippen LogP contribution in [0.1, 0.15) is 34.1 Å². The topological polar surface area (TPSA) is 103 Å². The molecule has 0 spiro atoms. The molecular weight excluding hydrogens is 546 g/mol. The van der Waals surface area contributed by atoms with Crippen LogP contribution < -0.4 is 5.32 Å². The molecule has 0 saturated heterocycles. The van der Waals surface area contributed by atoms with Gasteiger partial charge in [0.15, 0.2) is 11.0 Å². The molecule has 5 aromatic rings. The Kier molecular flexibility index (Phi) is 9.20. The molecule has 0 aliphatic rings. The summed E-state index contributed by atoms with van der Waals surface area (Å²) in [6.07, 6.45) is 3.56. The summed E-state index contributed by atoms with van der Waals surface area (Å²) in [5.41, 5.74) is 4.93. The Labute approximate surface area is 248 Å². The largest absolute Gasteiger partial charge is 0.342 e. The standard InChI is InChI=1S/C33H29N5O3S/c1-24-12-17-28(18-13-24)37-32(35-36-33(37)42-23-27-10-6-3-7-11-27)30(22-26-8-4-2-5-9-26)34-31(39)21-16-25-14-19-29(20-15-25)38(40)41/h2-21,30H,22-23H2,1H3,(H,34,39)/b21-16+. The van der Waals surface area contributed by atoms with Crippen LogP contribution >= 0.6 is 11.8 Å². The van der Waals surface area contributed by atoms with Crippen molar-refractivity contribution in [1.29, 1.82) is 0 Å². The number of carbonyl (C=O) groups is 1. The third-order valence-electron chi connectivity index (χ3n) is 6.60. The van der Waals surface area contributed by atoms with E-state index < -0.39 is 11.0 Å². The lowest BCUT2D eigenvalue weighted by molar-refractivity contribution is -0.384. The van der Waals surface area contributed by atoms with Gasteiger partial charge in [-0.25, -0.2) is 0 Å². The fourth-order valence-electron chi connectivity index (χ4n) is 4.41. The minimum absolute atomic E-state index is 0.00379. The molecule has 8 nitrogen and oxygen atoms in total. The van der Waals surface area contributed by atoms with Crippen LogP contribution in [0.3, 0.4) is 0 Å². The second-order valence-electron chi connectivity index (χ2n) is 9.72. The first-order chi connectivity index (χ1) is 20.5. The number of hydrogen-bond acceptors (Lipinski definition) is 6. The molecule has 42 heavy (non-hydrogen) atoms. The van der Waals surface area contributed by atoms with Gasteiger partial charge in [0.05, 0.1) is 11.0 Å². The van der Waals surface area contributed by atoms with Crippen LogP contribution in [-0.2, 0) is 17.0 Å². The minimum Gasteiger partial charge on any atom is -0.342 e. The number of non-ortho nitro benzene ring substituents is 1. The van der Waals surface area contributed by atoms with Crippen molar-refractivity contribution in [1.82, 2.24) is 20.1 Å². The lowest BCUT2D eigenvalue weighted by Crippen LogP contribution is -2.30. The predicted molar refractivity (Wildman–Crippen MR) is 165 cm³/mol. The Bertz CT molecular complexity index is 1670. The molecule has 0 fully saturated rings. The first-order valence-corrected chi connectivity index (χ1v) is 14.4. The normalized spacial score (nSPS) is 11.8. The van der Waals surface area contributed by atoms with Crippen LogP contribution in [0.5, 0.6) is 0 Å². The van der Waals surface area contributed by atoms with Crippen LogP contribution in [0.4, 0.5) is 5.69 Å². The third-order valence-corrected chi connectivity index (χ3v) is 7.60. The number of rotatable bonds is 11. The number of thioether (sulfide) groups is 1. The molecule has 1 aromatic heterocycles. The van der Waals surface area contributed by atoms with Gasteiger partial charge in [-0.1, -0.05) is 90.1 Å². The average molecular weight is 576 g/mol. The predicted octanol–water partition coefficient (Wildman–Crippen LogP) is 6.89. The molecular formula is C33H29N5O3S. The van der Waals surface area contributed by atoms with Gasteiger partial charge in [-0.05, 0) is 60.4 Å². The molecule has 1 heterocycles. The van der Waals surface area contributed by atoms with E-state index in [1.165, 1.54) is 23.8 Å². The Morgan fingerprint density at radius 1 is 0.905 bits per heavy atom. The highest BCUT2D eigenvalue weighted by Gasteiger charge is 2.24. The van der Waals surface area contributed by atoms with E-state index in [9.17, 15) is 14.9 Å². The van der Waals surface area contributed by atoms with E-state index in [2.05, 4.69) is 27.6 Å². The summed E-state index contributed by atoms with van der Waals surface area (Å²) >= 11 is 1.59. The Balaban J connectivity index is 1.46. The van der Waals surface area contributed by atoms with Crippen molar-refractivity contribution in [3.63, 3.8) is 0 Å². The monoisotopic (exact) mass is 575 g/mol. The number of hydrogen-bond donors (Lipinski definition) is 1. The lowest BCUT2D eigenvalue weighted by Gasteiger charge is -2.20. The van der Waals surface area contributed by atoms with Crippen molar-refractivity contribution < 1.29 is 9.72 Å².